The van der Waals surface area contributed by atoms with Crippen molar-refractivity contribution in [3.63, 3.8) is 0 Å². The molecular weight excluding hydrogens is 375 g/mol. The first-order chi connectivity index (χ1) is 13.2. The number of nitrogens with one attached hydrogen (secondary N) is 1. The highest BCUT2D eigenvalue weighted by Crippen LogP contribution is 2.46. The molecule has 0 saturated heterocycles. The minimum atomic E-state index is -0.189. The summed E-state index contributed by atoms with van der Waals surface area (Å²) in [6.45, 7) is 1.32. The van der Waals surface area contributed by atoms with Gasteiger partial charge in [-0.2, -0.15) is 0 Å². The van der Waals surface area contributed by atoms with E-state index in [4.69, 9.17) is 10.5 Å². The molecule has 2 aromatic rings. The van der Waals surface area contributed by atoms with E-state index in [1.807, 2.05) is 30.3 Å². The van der Waals surface area contributed by atoms with Crippen molar-refractivity contribution in [2.24, 2.45) is 11.7 Å². The molecule has 152 valence electrons. The van der Waals surface area contributed by atoms with E-state index in [1.54, 1.807) is 12.1 Å². The highest BCUT2D eigenvalue weighted by Gasteiger charge is 2.41. The quantitative estimate of drug-likeness (QED) is 0.697. The van der Waals surface area contributed by atoms with Crippen LogP contribution in [0.5, 0.6) is 5.75 Å². The fraction of sp³-hybridized carbons (Fsp3) is 0.478. The third kappa shape index (κ3) is 5.25. The van der Waals surface area contributed by atoms with Crippen molar-refractivity contribution in [3.05, 3.63) is 65.5 Å². The van der Waals surface area contributed by atoms with E-state index in [9.17, 15) is 4.39 Å². The summed E-state index contributed by atoms with van der Waals surface area (Å²) in [5.41, 5.74) is 7.91. The van der Waals surface area contributed by atoms with Crippen molar-refractivity contribution in [2.75, 3.05) is 6.54 Å². The third-order valence-electron chi connectivity index (χ3n) is 6.03. The van der Waals surface area contributed by atoms with Gasteiger partial charge in [-0.25, -0.2) is 4.39 Å². The van der Waals surface area contributed by atoms with Crippen molar-refractivity contribution in [2.45, 2.75) is 56.7 Å². The lowest BCUT2D eigenvalue weighted by Gasteiger charge is -2.28. The Kier molecular flexibility index (Phi) is 7.33. The summed E-state index contributed by atoms with van der Waals surface area (Å²) < 4.78 is 19.9. The number of benzene rings is 2. The van der Waals surface area contributed by atoms with Crippen LogP contribution in [0.4, 0.5) is 4.39 Å². The van der Waals surface area contributed by atoms with E-state index in [0.717, 1.165) is 29.8 Å². The molecule has 2 aromatic carbocycles. The molecule has 2 aliphatic rings. The van der Waals surface area contributed by atoms with E-state index in [-0.39, 0.29) is 18.2 Å². The molecule has 0 radical (unpaired) electrons. The molecule has 0 unspecified atom stereocenters. The second-order valence-electron chi connectivity index (χ2n) is 8.03. The van der Waals surface area contributed by atoms with Gasteiger partial charge in [0.25, 0.3) is 0 Å². The molecule has 2 atom stereocenters. The number of hydrogen-bond acceptors (Lipinski definition) is 3. The summed E-state index contributed by atoms with van der Waals surface area (Å²) in [5.74, 6) is 1.66. The molecular formula is C23H30ClFN2O. The van der Waals surface area contributed by atoms with Crippen LogP contribution in [0.1, 0.15) is 49.1 Å². The molecule has 3 nitrogen and oxygen atoms in total. The molecule has 0 amide bonds. The first kappa shape index (κ1) is 21.1. The van der Waals surface area contributed by atoms with Crippen LogP contribution in [0.3, 0.4) is 0 Å². The fourth-order valence-electron chi connectivity index (χ4n) is 4.27. The summed E-state index contributed by atoms with van der Waals surface area (Å²) in [4.78, 5) is 0. The van der Waals surface area contributed by atoms with E-state index in [0.29, 0.717) is 30.5 Å². The van der Waals surface area contributed by atoms with Crippen molar-refractivity contribution in [1.82, 2.24) is 5.32 Å². The summed E-state index contributed by atoms with van der Waals surface area (Å²) in [6, 6.07) is 16.0. The van der Waals surface area contributed by atoms with Crippen molar-refractivity contribution >= 4 is 12.4 Å². The van der Waals surface area contributed by atoms with Gasteiger partial charge in [0, 0.05) is 23.6 Å². The van der Waals surface area contributed by atoms with Crippen LogP contribution in [0.2, 0.25) is 0 Å². The predicted octanol–water partition coefficient (Wildman–Crippen LogP) is 4.79. The zero-order chi connectivity index (χ0) is 18.6. The highest BCUT2D eigenvalue weighted by molar-refractivity contribution is 5.85. The second-order valence-corrected chi connectivity index (χ2v) is 8.03. The molecule has 2 saturated carbocycles. The van der Waals surface area contributed by atoms with Crippen molar-refractivity contribution < 1.29 is 9.13 Å². The van der Waals surface area contributed by atoms with Gasteiger partial charge >= 0.3 is 0 Å². The Labute approximate surface area is 173 Å². The number of halogens is 2. The van der Waals surface area contributed by atoms with Crippen LogP contribution >= 0.6 is 12.4 Å². The largest absolute Gasteiger partial charge is 0.489 e. The van der Waals surface area contributed by atoms with Crippen molar-refractivity contribution in [1.29, 1.82) is 0 Å². The maximum absolute atomic E-state index is 13.9. The number of hydrogen-bond donors (Lipinski definition) is 2. The molecule has 0 aromatic heterocycles. The molecule has 0 heterocycles. The van der Waals surface area contributed by atoms with Gasteiger partial charge in [-0.05, 0) is 68.3 Å². The molecule has 4 rings (SSSR count). The Bertz CT molecular complexity index is 750. The molecule has 0 bridgehead atoms. The summed E-state index contributed by atoms with van der Waals surface area (Å²) in [6.07, 6.45) is 5.90. The Morgan fingerprint density at radius 1 is 1.04 bits per heavy atom. The van der Waals surface area contributed by atoms with Crippen LogP contribution in [0.25, 0.3) is 0 Å². The SMILES string of the molecule is Cl.NCC1CCC(N[C@@H]2C[C@H]2c2cc(F)ccc2OCc2ccccc2)CC1. The summed E-state index contributed by atoms with van der Waals surface area (Å²) >= 11 is 0. The van der Waals surface area contributed by atoms with Gasteiger partial charge in [0.05, 0.1) is 0 Å². The normalized spacial score (nSPS) is 26.4. The minimum absolute atomic E-state index is 0. The van der Waals surface area contributed by atoms with E-state index >= 15 is 0 Å². The number of rotatable bonds is 7. The van der Waals surface area contributed by atoms with Gasteiger partial charge in [0.15, 0.2) is 0 Å². The topological polar surface area (TPSA) is 47.3 Å². The smallest absolute Gasteiger partial charge is 0.123 e. The Morgan fingerprint density at radius 2 is 1.79 bits per heavy atom. The Morgan fingerprint density at radius 3 is 2.50 bits per heavy atom. The number of nitrogens with two attached hydrogens (primary N) is 1. The van der Waals surface area contributed by atoms with Gasteiger partial charge in [-0.3, -0.25) is 0 Å². The van der Waals surface area contributed by atoms with E-state index in [1.165, 1.54) is 31.7 Å². The Hall–Kier alpha value is -1.62. The van der Waals surface area contributed by atoms with Crippen LogP contribution in [-0.4, -0.2) is 18.6 Å². The van der Waals surface area contributed by atoms with Crippen LogP contribution in [0, 0.1) is 11.7 Å². The van der Waals surface area contributed by atoms with Crippen LogP contribution in [0.15, 0.2) is 48.5 Å². The van der Waals surface area contributed by atoms with E-state index in [2.05, 4.69) is 5.32 Å². The summed E-state index contributed by atoms with van der Waals surface area (Å²) in [5, 5.41) is 3.79. The first-order valence-corrected chi connectivity index (χ1v) is 10.1. The van der Waals surface area contributed by atoms with Crippen LogP contribution in [-0.2, 0) is 6.61 Å². The zero-order valence-corrected chi connectivity index (χ0v) is 17.0. The fourth-order valence-corrected chi connectivity index (χ4v) is 4.27. The average molecular weight is 405 g/mol. The highest BCUT2D eigenvalue weighted by atomic mass is 35.5. The first-order valence-electron chi connectivity index (χ1n) is 10.1. The Balaban J connectivity index is 0.00000225. The van der Waals surface area contributed by atoms with Crippen molar-refractivity contribution in [3.8, 4) is 5.75 Å². The second kappa shape index (κ2) is 9.73. The third-order valence-corrected chi connectivity index (χ3v) is 6.03. The zero-order valence-electron chi connectivity index (χ0n) is 16.1. The standard InChI is InChI=1S/C23H29FN2O.ClH/c24-18-8-11-23(27-15-17-4-2-1-3-5-17)21(12-18)20-13-22(20)26-19-9-6-16(14-25)7-10-19;/h1-5,8,11-12,16,19-20,22,26H,6-7,9-10,13-15,25H2;1H/t16?,19?,20-,22+;/m0./s1. The monoisotopic (exact) mass is 404 g/mol. The predicted molar refractivity (Wildman–Crippen MR) is 114 cm³/mol. The van der Waals surface area contributed by atoms with Crippen LogP contribution < -0.4 is 15.8 Å². The average Bonchev–Trinajstić information content (AvgIpc) is 3.47. The lowest BCUT2D eigenvalue weighted by molar-refractivity contribution is 0.292. The molecule has 0 aliphatic heterocycles. The van der Waals surface area contributed by atoms with Gasteiger partial charge in [-0.15, -0.1) is 12.4 Å². The molecule has 3 N–H and O–H groups in total. The van der Waals surface area contributed by atoms with Gasteiger partial charge in [0.1, 0.15) is 18.2 Å². The summed E-state index contributed by atoms with van der Waals surface area (Å²) in [7, 11) is 0. The molecule has 0 spiro atoms. The number of ether oxygens (including phenoxy) is 1. The molecule has 5 heteroatoms. The van der Waals surface area contributed by atoms with Gasteiger partial charge in [-0.1, -0.05) is 30.3 Å². The molecule has 28 heavy (non-hydrogen) atoms. The lowest BCUT2D eigenvalue weighted by atomic mass is 9.86. The molecule has 2 fully saturated rings. The lowest BCUT2D eigenvalue weighted by Crippen LogP contribution is -2.36. The maximum atomic E-state index is 13.9. The maximum Gasteiger partial charge on any atom is 0.123 e. The molecule has 2 aliphatic carbocycles. The van der Waals surface area contributed by atoms with Gasteiger partial charge in [0.2, 0.25) is 0 Å². The van der Waals surface area contributed by atoms with E-state index < -0.39 is 0 Å². The van der Waals surface area contributed by atoms with Gasteiger partial charge < -0.3 is 15.8 Å². The minimum Gasteiger partial charge on any atom is -0.489 e.